The van der Waals surface area contributed by atoms with Crippen molar-refractivity contribution in [3.8, 4) is 5.75 Å². The highest BCUT2D eigenvalue weighted by Crippen LogP contribution is 2.32. The minimum atomic E-state index is -3.83. The first-order chi connectivity index (χ1) is 14.3. The van der Waals surface area contributed by atoms with Gasteiger partial charge < -0.3 is 10.1 Å². The number of aryl methyl sites for hydroxylation is 1. The van der Waals surface area contributed by atoms with E-state index in [0.717, 1.165) is 11.1 Å². The molecule has 2 aromatic rings. The van der Waals surface area contributed by atoms with E-state index in [1.165, 1.54) is 10.4 Å². The number of nitrogens with zero attached hydrogens (tertiary/aromatic N) is 1. The van der Waals surface area contributed by atoms with Gasteiger partial charge in [0.15, 0.2) is 0 Å². The molecule has 1 atom stereocenters. The van der Waals surface area contributed by atoms with Crippen LogP contribution in [0.5, 0.6) is 5.75 Å². The number of carbonyl (C=O) groups excluding carboxylic acids is 1. The molecule has 0 spiro atoms. The molecule has 1 N–H and O–H groups in total. The molecular formula is C22H27ClN2O4S. The van der Waals surface area contributed by atoms with Gasteiger partial charge in [-0.25, -0.2) is 8.42 Å². The lowest BCUT2D eigenvalue weighted by Crippen LogP contribution is -2.45. The molecule has 1 unspecified atom stereocenters. The molecule has 2 aromatic carbocycles. The molecule has 162 valence electrons. The van der Waals surface area contributed by atoms with Crippen molar-refractivity contribution in [2.45, 2.75) is 38.1 Å². The lowest BCUT2D eigenvalue weighted by molar-refractivity contribution is -0.126. The third kappa shape index (κ3) is 5.33. The molecule has 0 radical (unpaired) electrons. The number of nitrogens with one attached hydrogen (secondary N) is 1. The van der Waals surface area contributed by atoms with Gasteiger partial charge in [0.05, 0.1) is 12.5 Å². The minimum absolute atomic E-state index is 0.0395. The van der Waals surface area contributed by atoms with Gasteiger partial charge in [0.1, 0.15) is 10.6 Å². The van der Waals surface area contributed by atoms with Crippen molar-refractivity contribution >= 4 is 27.5 Å². The maximum absolute atomic E-state index is 13.3. The fourth-order valence-electron chi connectivity index (χ4n) is 3.63. The van der Waals surface area contributed by atoms with E-state index in [1.54, 1.807) is 19.1 Å². The fourth-order valence-corrected chi connectivity index (χ4v) is 5.55. The quantitative estimate of drug-likeness (QED) is 0.696. The first-order valence-corrected chi connectivity index (χ1v) is 11.9. The summed E-state index contributed by atoms with van der Waals surface area (Å²) >= 11 is 6.05. The maximum atomic E-state index is 13.3. The third-order valence-corrected chi connectivity index (χ3v) is 7.25. The Morgan fingerprint density at radius 2 is 2.07 bits per heavy atom. The van der Waals surface area contributed by atoms with Gasteiger partial charge in [0, 0.05) is 24.7 Å². The van der Waals surface area contributed by atoms with Crippen molar-refractivity contribution in [2.75, 3.05) is 19.7 Å². The number of hydrogen-bond acceptors (Lipinski definition) is 4. The average molecular weight is 451 g/mol. The molecular weight excluding hydrogens is 424 g/mol. The molecule has 0 saturated carbocycles. The Kier molecular flexibility index (Phi) is 7.39. The minimum Gasteiger partial charge on any atom is -0.492 e. The summed E-state index contributed by atoms with van der Waals surface area (Å²) in [6.07, 6.45) is 1.27. The highest BCUT2D eigenvalue weighted by molar-refractivity contribution is 7.89. The molecule has 8 heteroatoms. The first-order valence-electron chi connectivity index (χ1n) is 10.1. The Balaban J connectivity index is 1.72. The number of amides is 1. The van der Waals surface area contributed by atoms with Crippen LogP contribution in [-0.4, -0.2) is 38.3 Å². The summed E-state index contributed by atoms with van der Waals surface area (Å²) < 4.78 is 33.4. The summed E-state index contributed by atoms with van der Waals surface area (Å²) in [5.74, 6) is -0.256. The first kappa shape index (κ1) is 22.6. The second kappa shape index (κ2) is 9.81. The van der Waals surface area contributed by atoms with Crippen LogP contribution in [0.25, 0.3) is 0 Å². The van der Waals surface area contributed by atoms with Crippen LogP contribution in [0, 0.1) is 12.8 Å². The number of rotatable bonds is 7. The monoisotopic (exact) mass is 450 g/mol. The molecule has 0 aliphatic carbocycles. The Hall–Kier alpha value is -2.09. The Bertz CT molecular complexity index is 1010. The van der Waals surface area contributed by atoms with Crippen molar-refractivity contribution < 1.29 is 17.9 Å². The van der Waals surface area contributed by atoms with E-state index in [2.05, 4.69) is 5.32 Å². The fraction of sp³-hybridized carbons (Fsp3) is 0.409. The summed E-state index contributed by atoms with van der Waals surface area (Å²) in [5, 5.41) is 3.26. The van der Waals surface area contributed by atoms with Crippen molar-refractivity contribution in [3.05, 3.63) is 58.6 Å². The lowest BCUT2D eigenvalue weighted by Gasteiger charge is -2.31. The van der Waals surface area contributed by atoms with Crippen LogP contribution in [-0.2, 0) is 21.4 Å². The van der Waals surface area contributed by atoms with Gasteiger partial charge in [-0.3, -0.25) is 4.79 Å². The normalized spacial score (nSPS) is 17.5. The largest absolute Gasteiger partial charge is 0.492 e. The molecule has 1 amide bonds. The smallest absolute Gasteiger partial charge is 0.246 e. The van der Waals surface area contributed by atoms with Gasteiger partial charge in [0.2, 0.25) is 15.9 Å². The van der Waals surface area contributed by atoms with E-state index in [1.807, 2.05) is 31.2 Å². The molecule has 1 fully saturated rings. The SMILES string of the molecule is CCOc1ccc(Cl)cc1S(=O)(=O)N1CCCC(C(=O)NCc2cccc(C)c2)C1. The zero-order chi connectivity index (χ0) is 21.7. The third-order valence-electron chi connectivity index (χ3n) is 5.13. The van der Waals surface area contributed by atoms with E-state index in [-0.39, 0.29) is 23.1 Å². The van der Waals surface area contributed by atoms with Crippen LogP contribution in [0.1, 0.15) is 30.9 Å². The van der Waals surface area contributed by atoms with Crippen LogP contribution in [0.4, 0.5) is 0 Å². The molecule has 1 heterocycles. The van der Waals surface area contributed by atoms with Crippen LogP contribution >= 0.6 is 11.6 Å². The van der Waals surface area contributed by atoms with Gasteiger partial charge in [-0.2, -0.15) is 4.31 Å². The van der Waals surface area contributed by atoms with Crippen molar-refractivity contribution in [1.82, 2.24) is 9.62 Å². The highest BCUT2D eigenvalue weighted by Gasteiger charge is 2.35. The van der Waals surface area contributed by atoms with Crippen molar-refractivity contribution in [1.29, 1.82) is 0 Å². The molecule has 6 nitrogen and oxygen atoms in total. The summed E-state index contributed by atoms with van der Waals surface area (Å²) in [6.45, 7) is 5.06. The molecule has 0 bridgehead atoms. The van der Waals surface area contributed by atoms with Gasteiger partial charge in [-0.1, -0.05) is 41.4 Å². The lowest BCUT2D eigenvalue weighted by atomic mass is 9.98. The number of carbonyl (C=O) groups is 1. The van der Waals surface area contributed by atoms with Crippen LogP contribution in [0.15, 0.2) is 47.4 Å². The molecule has 30 heavy (non-hydrogen) atoms. The number of sulfonamides is 1. The number of benzene rings is 2. The summed E-state index contributed by atoms with van der Waals surface area (Å²) in [4.78, 5) is 12.8. The zero-order valence-corrected chi connectivity index (χ0v) is 18.8. The van der Waals surface area contributed by atoms with Gasteiger partial charge in [-0.15, -0.1) is 0 Å². The van der Waals surface area contributed by atoms with Gasteiger partial charge in [-0.05, 0) is 50.5 Å². The van der Waals surface area contributed by atoms with Crippen LogP contribution in [0.2, 0.25) is 5.02 Å². The molecule has 3 rings (SSSR count). The molecule has 1 aliphatic rings. The second-order valence-electron chi connectivity index (χ2n) is 7.43. The summed E-state index contributed by atoms with van der Waals surface area (Å²) in [7, 11) is -3.83. The van der Waals surface area contributed by atoms with Crippen molar-refractivity contribution in [3.63, 3.8) is 0 Å². The Morgan fingerprint density at radius 3 is 2.80 bits per heavy atom. The zero-order valence-electron chi connectivity index (χ0n) is 17.2. The predicted octanol–water partition coefficient (Wildman–Crippen LogP) is 3.76. The predicted molar refractivity (Wildman–Crippen MR) is 117 cm³/mol. The Morgan fingerprint density at radius 1 is 1.27 bits per heavy atom. The number of hydrogen-bond donors (Lipinski definition) is 1. The van der Waals surface area contributed by atoms with E-state index < -0.39 is 15.9 Å². The highest BCUT2D eigenvalue weighted by atomic mass is 35.5. The number of halogens is 1. The van der Waals surface area contributed by atoms with Gasteiger partial charge >= 0.3 is 0 Å². The Labute approximate surface area is 183 Å². The summed E-state index contributed by atoms with van der Waals surface area (Å²) in [6, 6.07) is 12.5. The molecule has 1 aliphatic heterocycles. The van der Waals surface area contributed by atoms with Crippen LogP contribution in [0.3, 0.4) is 0 Å². The molecule has 1 saturated heterocycles. The topological polar surface area (TPSA) is 75.7 Å². The summed E-state index contributed by atoms with van der Waals surface area (Å²) in [5.41, 5.74) is 2.15. The standard InChI is InChI=1S/C22H27ClN2O4S/c1-3-29-20-10-9-19(23)13-21(20)30(27,28)25-11-5-8-18(15-25)22(26)24-14-17-7-4-6-16(2)12-17/h4,6-7,9-10,12-13,18H,3,5,8,11,14-15H2,1-2H3,(H,24,26). The van der Waals surface area contributed by atoms with Crippen molar-refractivity contribution in [2.24, 2.45) is 5.92 Å². The van der Waals surface area contributed by atoms with E-state index in [0.29, 0.717) is 37.6 Å². The van der Waals surface area contributed by atoms with E-state index >= 15 is 0 Å². The van der Waals surface area contributed by atoms with E-state index in [4.69, 9.17) is 16.3 Å². The number of piperidine rings is 1. The molecule has 0 aromatic heterocycles. The van der Waals surface area contributed by atoms with Gasteiger partial charge in [0.25, 0.3) is 0 Å². The maximum Gasteiger partial charge on any atom is 0.246 e. The second-order valence-corrected chi connectivity index (χ2v) is 9.78. The van der Waals surface area contributed by atoms with E-state index in [9.17, 15) is 13.2 Å². The average Bonchev–Trinajstić information content (AvgIpc) is 2.73. The number of ether oxygens (including phenoxy) is 1. The van der Waals surface area contributed by atoms with Crippen LogP contribution < -0.4 is 10.1 Å².